The molecule has 2 rings (SSSR count). The van der Waals surface area contributed by atoms with Crippen LogP contribution in [0.5, 0.6) is 11.5 Å². The zero-order chi connectivity index (χ0) is 15.1. The van der Waals surface area contributed by atoms with Gasteiger partial charge >= 0.3 is 0 Å². The Labute approximate surface area is 130 Å². The number of nitrogens with one attached hydrogen (secondary N) is 1. The maximum absolute atomic E-state index is 11.5. The molecule has 21 heavy (non-hydrogen) atoms. The Hall–Kier alpha value is -2.34. The molecule has 0 aliphatic carbocycles. The van der Waals surface area contributed by atoms with Crippen LogP contribution in [-0.4, -0.2) is 23.8 Å². The zero-order valence-electron chi connectivity index (χ0n) is 11.0. The highest BCUT2D eigenvalue weighted by molar-refractivity contribution is 9.10. The van der Waals surface area contributed by atoms with Crippen LogP contribution in [0.1, 0.15) is 5.56 Å². The maximum Gasteiger partial charge on any atom is 0.277 e. The van der Waals surface area contributed by atoms with E-state index in [9.17, 15) is 4.79 Å². The van der Waals surface area contributed by atoms with E-state index >= 15 is 0 Å². The highest BCUT2D eigenvalue weighted by atomic mass is 79.9. The van der Waals surface area contributed by atoms with Gasteiger partial charge in [0.2, 0.25) is 0 Å². The average molecular weight is 349 g/mol. The SMILES string of the molecule is O=C(COc1ccc(Br)cc1)N/N=C/c1ccc(O)cc1. The number of hydrogen-bond donors (Lipinski definition) is 2. The van der Waals surface area contributed by atoms with Gasteiger partial charge in [-0.2, -0.15) is 5.10 Å². The number of phenolic OH excluding ortho intramolecular Hbond substituents is 1. The van der Waals surface area contributed by atoms with Gasteiger partial charge in [-0.05, 0) is 54.1 Å². The number of hydrazone groups is 1. The number of ether oxygens (including phenoxy) is 1. The molecule has 1 amide bonds. The first-order valence-corrected chi connectivity index (χ1v) is 6.92. The van der Waals surface area contributed by atoms with Gasteiger partial charge in [0.15, 0.2) is 6.61 Å². The quantitative estimate of drug-likeness (QED) is 0.644. The highest BCUT2D eigenvalue weighted by Gasteiger charge is 2.01. The molecule has 0 fully saturated rings. The Kier molecular flexibility index (Phi) is 5.34. The van der Waals surface area contributed by atoms with E-state index in [2.05, 4.69) is 26.5 Å². The first kappa shape index (κ1) is 15.1. The number of amides is 1. The number of benzene rings is 2. The van der Waals surface area contributed by atoms with Gasteiger partial charge in [-0.15, -0.1) is 0 Å². The van der Waals surface area contributed by atoms with Crippen LogP contribution in [0.25, 0.3) is 0 Å². The minimum absolute atomic E-state index is 0.117. The van der Waals surface area contributed by atoms with E-state index in [4.69, 9.17) is 9.84 Å². The number of rotatable bonds is 5. The summed E-state index contributed by atoms with van der Waals surface area (Å²) >= 11 is 3.32. The second-order valence-corrected chi connectivity index (χ2v) is 5.04. The van der Waals surface area contributed by atoms with Crippen molar-refractivity contribution in [2.24, 2.45) is 5.10 Å². The molecule has 0 spiro atoms. The van der Waals surface area contributed by atoms with Crippen LogP contribution in [-0.2, 0) is 4.79 Å². The van der Waals surface area contributed by atoms with Gasteiger partial charge in [-0.25, -0.2) is 5.43 Å². The van der Waals surface area contributed by atoms with Crippen molar-refractivity contribution >= 4 is 28.1 Å². The topological polar surface area (TPSA) is 70.9 Å². The standard InChI is InChI=1S/C15H13BrN2O3/c16-12-3-7-14(8-4-12)21-10-15(20)18-17-9-11-1-5-13(19)6-2-11/h1-9,19H,10H2,(H,18,20)/b17-9+. The zero-order valence-corrected chi connectivity index (χ0v) is 12.6. The summed E-state index contributed by atoms with van der Waals surface area (Å²) in [5, 5.41) is 12.9. The van der Waals surface area contributed by atoms with Crippen LogP contribution in [0.2, 0.25) is 0 Å². The van der Waals surface area contributed by atoms with Gasteiger partial charge in [0, 0.05) is 4.47 Å². The minimum Gasteiger partial charge on any atom is -0.508 e. The molecule has 2 aromatic rings. The summed E-state index contributed by atoms with van der Waals surface area (Å²) in [7, 11) is 0. The van der Waals surface area contributed by atoms with Crippen LogP contribution >= 0.6 is 15.9 Å². The fourth-order valence-corrected chi connectivity index (χ4v) is 1.72. The Bertz CT molecular complexity index is 624. The number of aromatic hydroxyl groups is 1. The Morgan fingerprint density at radius 1 is 1.19 bits per heavy atom. The Morgan fingerprint density at radius 2 is 1.86 bits per heavy atom. The highest BCUT2D eigenvalue weighted by Crippen LogP contribution is 2.15. The van der Waals surface area contributed by atoms with Crippen LogP contribution in [0, 0.1) is 0 Å². The lowest BCUT2D eigenvalue weighted by Gasteiger charge is -2.04. The molecule has 0 aliphatic rings. The predicted octanol–water partition coefficient (Wildman–Crippen LogP) is 2.68. The Morgan fingerprint density at radius 3 is 2.52 bits per heavy atom. The summed E-state index contributed by atoms with van der Waals surface area (Å²) in [6, 6.07) is 13.6. The number of phenols is 1. The van der Waals surface area contributed by atoms with E-state index < -0.39 is 0 Å². The Balaban J connectivity index is 1.77. The number of hydrogen-bond acceptors (Lipinski definition) is 4. The lowest BCUT2D eigenvalue weighted by molar-refractivity contribution is -0.123. The van der Waals surface area contributed by atoms with E-state index in [1.54, 1.807) is 36.4 Å². The molecule has 0 atom stereocenters. The molecule has 0 bridgehead atoms. The fraction of sp³-hybridized carbons (Fsp3) is 0.0667. The molecule has 5 nitrogen and oxygen atoms in total. The van der Waals surface area contributed by atoms with Gasteiger partial charge in [0.1, 0.15) is 11.5 Å². The summed E-state index contributed by atoms with van der Waals surface area (Å²) in [6.07, 6.45) is 1.48. The second kappa shape index (κ2) is 7.44. The minimum atomic E-state index is -0.354. The summed E-state index contributed by atoms with van der Waals surface area (Å²) in [5.41, 5.74) is 3.13. The number of carbonyl (C=O) groups is 1. The molecule has 0 radical (unpaired) electrons. The van der Waals surface area contributed by atoms with Gasteiger partial charge in [-0.1, -0.05) is 15.9 Å². The largest absolute Gasteiger partial charge is 0.508 e. The third-order valence-corrected chi connectivity index (χ3v) is 3.01. The third-order valence-electron chi connectivity index (χ3n) is 2.48. The van der Waals surface area contributed by atoms with Crippen molar-refractivity contribution in [3.05, 3.63) is 58.6 Å². The molecule has 108 valence electrons. The molecule has 0 saturated heterocycles. The van der Waals surface area contributed by atoms with Crippen molar-refractivity contribution < 1.29 is 14.6 Å². The molecular weight excluding hydrogens is 336 g/mol. The number of nitrogens with zero attached hydrogens (tertiary/aromatic N) is 1. The van der Waals surface area contributed by atoms with Crippen molar-refractivity contribution in [3.8, 4) is 11.5 Å². The van der Waals surface area contributed by atoms with Crippen LogP contribution < -0.4 is 10.2 Å². The number of halogens is 1. The molecule has 0 aromatic heterocycles. The molecule has 0 heterocycles. The van der Waals surface area contributed by atoms with E-state index in [0.29, 0.717) is 5.75 Å². The fourth-order valence-electron chi connectivity index (χ4n) is 1.45. The van der Waals surface area contributed by atoms with E-state index in [1.807, 2.05) is 12.1 Å². The molecule has 0 aliphatic heterocycles. The summed E-state index contributed by atoms with van der Waals surface area (Å²) < 4.78 is 6.24. The molecule has 2 aromatic carbocycles. The van der Waals surface area contributed by atoms with E-state index in [0.717, 1.165) is 10.0 Å². The lowest BCUT2D eigenvalue weighted by atomic mass is 10.2. The molecule has 6 heteroatoms. The molecule has 0 saturated carbocycles. The second-order valence-electron chi connectivity index (χ2n) is 4.13. The summed E-state index contributed by atoms with van der Waals surface area (Å²) in [5.74, 6) is 0.433. The lowest BCUT2D eigenvalue weighted by Crippen LogP contribution is -2.24. The molecule has 2 N–H and O–H groups in total. The summed E-state index contributed by atoms with van der Waals surface area (Å²) in [4.78, 5) is 11.5. The maximum atomic E-state index is 11.5. The van der Waals surface area contributed by atoms with Gasteiger partial charge in [-0.3, -0.25) is 4.79 Å². The van der Waals surface area contributed by atoms with Crippen molar-refractivity contribution in [1.29, 1.82) is 0 Å². The van der Waals surface area contributed by atoms with Gasteiger partial charge < -0.3 is 9.84 Å². The first-order chi connectivity index (χ1) is 10.1. The van der Waals surface area contributed by atoms with Crippen LogP contribution in [0.15, 0.2) is 58.1 Å². The van der Waals surface area contributed by atoms with Gasteiger partial charge in [0.05, 0.1) is 6.21 Å². The van der Waals surface area contributed by atoms with Crippen molar-refractivity contribution in [1.82, 2.24) is 5.43 Å². The normalized spacial score (nSPS) is 10.5. The van der Waals surface area contributed by atoms with Crippen LogP contribution in [0.3, 0.4) is 0 Å². The van der Waals surface area contributed by atoms with E-state index in [-0.39, 0.29) is 18.3 Å². The van der Waals surface area contributed by atoms with Crippen molar-refractivity contribution in [2.45, 2.75) is 0 Å². The molecular formula is C15H13BrN2O3. The predicted molar refractivity (Wildman–Crippen MR) is 83.5 cm³/mol. The number of carbonyl (C=O) groups excluding carboxylic acids is 1. The third kappa shape index (κ3) is 5.27. The summed E-state index contributed by atoms with van der Waals surface area (Å²) in [6.45, 7) is -0.117. The van der Waals surface area contributed by atoms with E-state index in [1.165, 1.54) is 6.21 Å². The van der Waals surface area contributed by atoms with Crippen molar-refractivity contribution in [3.63, 3.8) is 0 Å². The average Bonchev–Trinajstić information content (AvgIpc) is 2.49. The van der Waals surface area contributed by atoms with Crippen LogP contribution in [0.4, 0.5) is 0 Å². The first-order valence-electron chi connectivity index (χ1n) is 6.13. The smallest absolute Gasteiger partial charge is 0.277 e. The monoisotopic (exact) mass is 348 g/mol. The molecule has 0 unspecified atom stereocenters. The van der Waals surface area contributed by atoms with Crippen molar-refractivity contribution in [2.75, 3.05) is 6.61 Å². The van der Waals surface area contributed by atoms with Gasteiger partial charge in [0.25, 0.3) is 5.91 Å².